The maximum atomic E-state index is 11.9. The van der Waals surface area contributed by atoms with Crippen molar-refractivity contribution in [3.8, 4) is 5.95 Å². The molecule has 0 bridgehead atoms. The first-order valence-electron chi connectivity index (χ1n) is 6.02. The first-order valence-corrected chi connectivity index (χ1v) is 6.02. The van der Waals surface area contributed by atoms with Crippen LogP contribution in [0.3, 0.4) is 0 Å². The van der Waals surface area contributed by atoms with Crippen LogP contribution in [-0.4, -0.2) is 0 Å². The fraction of sp³-hybridized carbons (Fsp3) is 0.0625. The summed E-state index contributed by atoms with van der Waals surface area (Å²) >= 11 is 0. The molecule has 0 atom stereocenters. The van der Waals surface area contributed by atoms with Crippen LogP contribution in [0, 0.1) is 0 Å². The summed E-state index contributed by atoms with van der Waals surface area (Å²) in [7, 11) is 0. The first kappa shape index (κ1) is 11.5. The monoisotopic (exact) mass is 252 g/mol. The SMILES string of the molecule is O=c1cc(OCc2ccccc2)oc2ccccc12. The average molecular weight is 252 g/mol. The number of para-hydroxylation sites is 1. The number of fused-ring (bicyclic) bond motifs is 1. The predicted octanol–water partition coefficient (Wildman–Crippen LogP) is 3.37. The van der Waals surface area contributed by atoms with Crippen LogP contribution in [0.4, 0.5) is 0 Å². The molecular formula is C16H12O3. The molecule has 3 heteroatoms. The lowest BCUT2D eigenvalue weighted by Crippen LogP contribution is -2.02. The average Bonchev–Trinajstić information content (AvgIpc) is 2.46. The van der Waals surface area contributed by atoms with Crippen molar-refractivity contribution in [2.24, 2.45) is 0 Å². The van der Waals surface area contributed by atoms with Gasteiger partial charge in [0.2, 0.25) is 0 Å². The molecule has 0 N–H and O–H groups in total. The van der Waals surface area contributed by atoms with E-state index >= 15 is 0 Å². The highest BCUT2D eigenvalue weighted by molar-refractivity contribution is 5.76. The zero-order valence-corrected chi connectivity index (χ0v) is 10.2. The first-order chi connectivity index (χ1) is 9.33. The van der Waals surface area contributed by atoms with Gasteiger partial charge in [-0.15, -0.1) is 0 Å². The van der Waals surface area contributed by atoms with Crippen molar-refractivity contribution in [1.29, 1.82) is 0 Å². The minimum absolute atomic E-state index is 0.0927. The molecule has 0 saturated carbocycles. The van der Waals surface area contributed by atoms with Crippen molar-refractivity contribution in [3.05, 3.63) is 76.5 Å². The van der Waals surface area contributed by atoms with E-state index in [2.05, 4.69) is 0 Å². The Balaban J connectivity index is 1.88. The van der Waals surface area contributed by atoms with Gasteiger partial charge in [-0.1, -0.05) is 42.5 Å². The molecule has 0 saturated heterocycles. The summed E-state index contributed by atoms with van der Waals surface area (Å²) < 4.78 is 11.1. The highest BCUT2D eigenvalue weighted by Gasteiger charge is 2.04. The van der Waals surface area contributed by atoms with E-state index in [-0.39, 0.29) is 11.4 Å². The van der Waals surface area contributed by atoms with Gasteiger partial charge < -0.3 is 9.15 Å². The molecule has 1 aromatic heterocycles. The van der Waals surface area contributed by atoms with Crippen molar-refractivity contribution in [1.82, 2.24) is 0 Å². The number of hydrogen-bond donors (Lipinski definition) is 0. The van der Waals surface area contributed by atoms with E-state index < -0.39 is 0 Å². The molecule has 2 aromatic carbocycles. The van der Waals surface area contributed by atoms with Crippen molar-refractivity contribution in [3.63, 3.8) is 0 Å². The van der Waals surface area contributed by atoms with Gasteiger partial charge in [-0.05, 0) is 17.7 Å². The highest BCUT2D eigenvalue weighted by atomic mass is 16.6. The van der Waals surface area contributed by atoms with Crippen LogP contribution in [0.1, 0.15) is 5.56 Å². The Bertz CT molecular complexity index is 745. The summed E-state index contributed by atoms with van der Waals surface area (Å²) in [5.74, 6) is 0.243. The largest absolute Gasteiger partial charge is 0.460 e. The Morgan fingerprint density at radius 2 is 1.68 bits per heavy atom. The molecule has 3 nitrogen and oxygen atoms in total. The summed E-state index contributed by atoms with van der Waals surface area (Å²) in [5, 5.41) is 0.564. The van der Waals surface area contributed by atoms with Gasteiger partial charge >= 0.3 is 0 Å². The van der Waals surface area contributed by atoms with Crippen molar-refractivity contribution in [2.75, 3.05) is 0 Å². The topological polar surface area (TPSA) is 39.4 Å². The second-order valence-corrected chi connectivity index (χ2v) is 4.20. The van der Waals surface area contributed by atoms with Gasteiger partial charge in [0.25, 0.3) is 5.95 Å². The third-order valence-electron chi connectivity index (χ3n) is 2.84. The standard InChI is InChI=1S/C16H12O3/c17-14-10-16(18-11-12-6-2-1-3-7-12)19-15-9-5-4-8-13(14)15/h1-10H,11H2. The molecule has 3 rings (SSSR count). The molecule has 0 aliphatic rings. The van der Waals surface area contributed by atoms with Crippen LogP contribution in [0.15, 0.2) is 69.9 Å². The zero-order chi connectivity index (χ0) is 13.1. The normalized spacial score (nSPS) is 10.5. The van der Waals surface area contributed by atoms with Gasteiger partial charge in [-0.3, -0.25) is 4.79 Å². The molecule has 0 radical (unpaired) electrons. The maximum Gasteiger partial charge on any atom is 0.289 e. The van der Waals surface area contributed by atoms with Crippen LogP contribution in [0.5, 0.6) is 5.95 Å². The summed E-state index contributed by atoms with van der Waals surface area (Å²) in [4.78, 5) is 11.9. The molecule has 0 fully saturated rings. The third kappa shape index (κ3) is 2.50. The minimum atomic E-state index is -0.0927. The second kappa shape index (κ2) is 4.98. The number of rotatable bonds is 3. The van der Waals surface area contributed by atoms with Crippen LogP contribution in [-0.2, 0) is 6.61 Å². The van der Waals surface area contributed by atoms with Gasteiger partial charge in [-0.25, -0.2) is 0 Å². The van der Waals surface area contributed by atoms with E-state index in [1.165, 1.54) is 6.07 Å². The van der Waals surface area contributed by atoms with Gasteiger partial charge in [0.05, 0.1) is 11.5 Å². The summed E-state index contributed by atoms with van der Waals surface area (Å²) in [6.07, 6.45) is 0. The molecule has 0 unspecified atom stereocenters. The quantitative estimate of drug-likeness (QED) is 0.717. The number of ether oxygens (including phenoxy) is 1. The van der Waals surface area contributed by atoms with E-state index in [0.29, 0.717) is 17.6 Å². The molecule has 94 valence electrons. The Labute approximate surface area is 110 Å². The smallest absolute Gasteiger partial charge is 0.289 e. The van der Waals surface area contributed by atoms with Gasteiger partial charge in [0, 0.05) is 0 Å². The Morgan fingerprint density at radius 3 is 2.53 bits per heavy atom. The van der Waals surface area contributed by atoms with Crippen LogP contribution in [0.2, 0.25) is 0 Å². The van der Waals surface area contributed by atoms with Gasteiger partial charge in [-0.2, -0.15) is 0 Å². The molecule has 0 amide bonds. The molecule has 19 heavy (non-hydrogen) atoms. The third-order valence-corrected chi connectivity index (χ3v) is 2.84. The molecule has 0 spiro atoms. The van der Waals surface area contributed by atoms with E-state index in [9.17, 15) is 4.79 Å². The van der Waals surface area contributed by atoms with Crippen molar-refractivity contribution in [2.45, 2.75) is 6.61 Å². The molecule has 1 heterocycles. The van der Waals surface area contributed by atoms with Gasteiger partial charge in [0.15, 0.2) is 5.43 Å². The Morgan fingerprint density at radius 1 is 0.947 bits per heavy atom. The Hall–Kier alpha value is -2.55. The van der Waals surface area contributed by atoms with E-state index in [1.807, 2.05) is 42.5 Å². The molecular weight excluding hydrogens is 240 g/mol. The number of benzene rings is 2. The van der Waals surface area contributed by atoms with E-state index in [4.69, 9.17) is 9.15 Å². The molecule has 3 aromatic rings. The van der Waals surface area contributed by atoms with Crippen LogP contribution in [0.25, 0.3) is 11.0 Å². The van der Waals surface area contributed by atoms with Gasteiger partial charge in [0.1, 0.15) is 12.2 Å². The summed E-state index contributed by atoms with van der Waals surface area (Å²) in [5.41, 5.74) is 1.47. The van der Waals surface area contributed by atoms with Crippen molar-refractivity contribution >= 4 is 11.0 Å². The molecule has 0 aliphatic carbocycles. The summed E-state index contributed by atoms with van der Waals surface area (Å²) in [6.45, 7) is 0.377. The Kier molecular flexibility index (Phi) is 3.02. The fourth-order valence-electron chi connectivity index (χ4n) is 1.88. The maximum absolute atomic E-state index is 11.9. The highest BCUT2D eigenvalue weighted by Crippen LogP contribution is 2.17. The van der Waals surface area contributed by atoms with Crippen LogP contribution >= 0.6 is 0 Å². The van der Waals surface area contributed by atoms with E-state index in [0.717, 1.165) is 5.56 Å². The fourth-order valence-corrected chi connectivity index (χ4v) is 1.88. The lowest BCUT2D eigenvalue weighted by atomic mass is 10.2. The predicted molar refractivity (Wildman–Crippen MR) is 73.3 cm³/mol. The number of hydrogen-bond acceptors (Lipinski definition) is 3. The minimum Gasteiger partial charge on any atom is -0.460 e. The second-order valence-electron chi connectivity index (χ2n) is 4.20. The summed E-state index contributed by atoms with van der Waals surface area (Å²) in [6, 6.07) is 18.2. The van der Waals surface area contributed by atoms with Crippen LogP contribution < -0.4 is 10.2 Å². The van der Waals surface area contributed by atoms with E-state index in [1.54, 1.807) is 12.1 Å². The molecule has 0 aliphatic heterocycles. The lowest BCUT2D eigenvalue weighted by molar-refractivity contribution is 0.235. The van der Waals surface area contributed by atoms with Crippen molar-refractivity contribution < 1.29 is 9.15 Å². The zero-order valence-electron chi connectivity index (χ0n) is 10.2. The lowest BCUT2D eigenvalue weighted by Gasteiger charge is -2.05.